The molecule has 8 heteroatoms. The lowest BCUT2D eigenvalue weighted by Crippen LogP contribution is -2.50. The SMILES string of the molecule is COc1ccccc1S[C@@H]1C[C@@H](C(=O)NC2(C#N)CC2)N(C(=O)OC(C)(C)C)C1. The average Bonchev–Trinajstić information content (AvgIpc) is 3.30. The van der Waals surface area contributed by atoms with Crippen LogP contribution >= 0.6 is 11.8 Å². The Hall–Kier alpha value is -2.40. The lowest BCUT2D eigenvalue weighted by Gasteiger charge is -2.28. The summed E-state index contributed by atoms with van der Waals surface area (Å²) in [5.74, 6) is 0.466. The molecule has 3 rings (SSSR count). The number of carbonyl (C=O) groups excluding carboxylic acids is 2. The fourth-order valence-corrected chi connectivity index (χ4v) is 4.56. The van der Waals surface area contributed by atoms with E-state index in [1.54, 1.807) is 39.6 Å². The first-order valence-corrected chi connectivity index (χ1v) is 10.6. The van der Waals surface area contributed by atoms with Gasteiger partial charge in [0.05, 0.1) is 13.2 Å². The molecule has 2 amide bonds. The van der Waals surface area contributed by atoms with Crippen molar-refractivity contribution in [3.8, 4) is 11.8 Å². The summed E-state index contributed by atoms with van der Waals surface area (Å²) in [6, 6.07) is 9.18. The van der Waals surface area contributed by atoms with Crippen LogP contribution < -0.4 is 10.1 Å². The molecule has 2 fully saturated rings. The average molecular weight is 418 g/mol. The van der Waals surface area contributed by atoms with E-state index in [0.717, 1.165) is 10.6 Å². The quantitative estimate of drug-likeness (QED) is 0.790. The largest absolute Gasteiger partial charge is 0.496 e. The summed E-state index contributed by atoms with van der Waals surface area (Å²) in [7, 11) is 1.62. The van der Waals surface area contributed by atoms with Gasteiger partial charge in [0.25, 0.3) is 0 Å². The van der Waals surface area contributed by atoms with Gasteiger partial charge in [0, 0.05) is 16.7 Å². The highest BCUT2D eigenvalue weighted by Gasteiger charge is 2.49. The smallest absolute Gasteiger partial charge is 0.411 e. The second-order valence-electron chi connectivity index (χ2n) is 8.46. The van der Waals surface area contributed by atoms with Crippen molar-refractivity contribution in [3.05, 3.63) is 24.3 Å². The lowest BCUT2D eigenvalue weighted by atomic mass is 10.2. The predicted octanol–water partition coefficient (Wildman–Crippen LogP) is 3.34. The molecule has 1 aliphatic heterocycles. The zero-order chi connectivity index (χ0) is 21.2. The van der Waals surface area contributed by atoms with Crippen LogP contribution in [0.2, 0.25) is 0 Å². The minimum absolute atomic E-state index is 0.00630. The van der Waals surface area contributed by atoms with Gasteiger partial charge in [-0.2, -0.15) is 5.26 Å². The zero-order valence-corrected chi connectivity index (χ0v) is 18.0. The first kappa shape index (κ1) is 21.3. The molecule has 0 unspecified atom stereocenters. The van der Waals surface area contributed by atoms with Crippen LogP contribution in [0.15, 0.2) is 29.2 Å². The van der Waals surface area contributed by atoms with Crippen LogP contribution in [0.1, 0.15) is 40.0 Å². The van der Waals surface area contributed by atoms with E-state index in [1.807, 2.05) is 24.3 Å². The van der Waals surface area contributed by atoms with Crippen LogP contribution in [0, 0.1) is 11.3 Å². The minimum atomic E-state index is -0.773. The van der Waals surface area contributed by atoms with Crippen LogP contribution in [0.25, 0.3) is 0 Å². The number of likely N-dealkylation sites (tertiary alicyclic amines) is 1. The molecule has 0 spiro atoms. The van der Waals surface area contributed by atoms with Crippen molar-refractivity contribution < 1.29 is 19.1 Å². The summed E-state index contributed by atoms with van der Waals surface area (Å²) in [5.41, 5.74) is -1.43. The second kappa shape index (κ2) is 8.15. The number of ether oxygens (including phenoxy) is 2. The van der Waals surface area contributed by atoms with Gasteiger partial charge < -0.3 is 14.8 Å². The van der Waals surface area contributed by atoms with Crippen LogP contribution in [0.4, 0.5) is 4.79 Å². The van der Waals surface area contributed by atoms with Gasteiger partial charge in [-0.15, -0.1) is 11.8 Å². The molecule has 156 valence electrons. The van der Waals surface area contributed by atoms with E-state index >= 15 is 0 Å². The van der Waals surface area contributed by atoms with Crippen molar-refractivity contribution in [2.45, 2.75) is 67.4 Å². The first-order valence-electron chi connectivity index (χ1n) is 9.69. The van der Waals surface area contributed by atoms with Crippen LogP contribution in [-0.2, 0) is 9.53 Å². The Balaban J connectivity index is 1.77. The Kier molecular flexibility index (Phi) is 5.99. The number of thioether (sulfide) groups is 1. The van der Waals surface area contributed by atoms with Gasteiger partial charge in [0.2, 0.25) is 5.91 Å². The molecular weight excluding hydrogens is 390 g/mol. The van der Waals surface area contributed by atoms with Gasteiger partial charge >= 0.3 is 6.09 Å². The molecule has 7 nitrogen and oxygen atoms in total. The molecule has 1 N–H and O–H groups in total. The number of hydrogen-bond acceptors (Lipinski definition) is 6. The standard InChI is InChI=1S/C21H27N3O4S/c1-20(2,3)28-19(26)24-12-14(29-17-8-6-5-7-16(17)27-4)11-15(24)18(25)23-21(13-22)9-10-21/h5-8,14-15H,9-12H2,1-4H3,(H,23,25)/t14-,15+/m1/s1. The first-order chi connectivity index (χ1) is 13.7. The molecule has 1 aromatic rings. The normalized spacial score (nSPS) is 22.5. The summed E-state index contributed by atoms with van der Waals surface area (Å²) < 4.78 is 10.9. The van der Waals surface area contributed by atoms with Gasteiger partial charge in [-0.3, -0.25) is 9.69 Å². The minimum Gasteiger partial charge on any atom is -0.496 e. The number of nitriles is 1. The Labute approximate surface area is 175 Å². The summed E-state index contributed by atoms with van der Waals surface area (Å²) in [6.45, 7) is 5.78. The van der Waals surface area contributed by atoms with Gasteiger partial charge in [0.15, 0.2) is 0 Å². The molecule has 0 bridgehead atoms. The maximum Gasteiger partial charge on any atom is 0.411 e. The maximum absolute atomic E-state index is 12.9. The second-order valence-corrected chi connectivity index (χ2v) is 9.80. The molecule has 0 radical (unpaired) electrons. The van der Waals surface area contributed by atoms with Crippen molar-refractivity contribution >= 4 is 23.8 Å². The number of para-hydroxylation sites is 1. The molecule has 1 aromatic carbocycles. The third kappa shape index (κ3) is 5.15. The molecule has 1 heterocycles. The van der Waals surface area contributed by atoms with E-state index in [1.165, 1.54) is 4.90 Å². The van der Waals surface area contributed by atoms with E-state index in [2.05, 4.69) is 11.4 Å². The third-order valence-corrected chi connectivity index (χ3v) is 6.15. The molecule has 2 atom stereocenters. The Morgan fingerprint density at radius 3 is 2.59 bits per heavy atom. The van der Waals surface area contributed by atoms with E-state index in [0.29, 0.717) is 25.8 Å². The Morgan fingerprint density at radius 2 is 2.00 bits per heavy atom. The lowest BCUT2D eigenvalue weighted by molar-refractivity contribution is -0.126. The van der Waals surface area contributed by atoms with Crippen LogP contribution in [-0.4, -0.2) is 53.0 Å². The molecule has 1 saturated carbocycles. The topological polar surface area (TPSA) is 91.7 Å². The molecule has 29 heavy (non-hydrogen) atoms. The Bertz CT molecular complexity index is 826. The van der Waals surface area contributed by atoms with Crippen LogP contribution in [0.5, 0.6) is 5.75 Å². The van der Waals surface area contributed by atoms with Crippen LogP contribution in [0.3, 0.4) is 0 Å². The van der Waals surface area contributed by atoms with Crippen molar-refractivity contribution in [1.29, 1.82) is 5.26 Å². The number of benzene rings is 1. The molecule has 2 aliphatic rings. The summed E-state index contributed by atoms with van der Waals surface area (Å²) in [6.07, 6.45) is 1.26. The van der Waals surface area contributed by atoms with Crippen molar-refractivity contribution in [1.82, 2.24) is 10.2 Å². The highest BCUT2D eigenvalue weighted by atomic mass is 32.2. The van der Waals surface area contributed by atoms with Gasteiger partial charge in [-0.1, -0.05) is 12.1 Å². The number of amides is 2. The van der Waals surface area contributed by atoms with Gasteiger partial charge in [-0.25, -0.2) is 4.79 Å². The fourth-order valence-electron chi connectivity index (χ4n) is 3.26. The van der Waals surface area contributed by atoms with E-state index in [-0.39, 0.29) is 11.2 Å². The van der Waals surface area contributed by atoms with Crippen molar-refractivity contribution in [3.63, 3.8) is 0 Å². The number of methoxy groups -OCH3 is 1. The maximum atomic E-state index is 12.9. The highest BCUT2D eigenvalue weighted by Crippen LogP contribution is 2.39. The molecule has 0 aromatic heterocycles. The monoisotopic (exact) mass is 417 g/mol. The predicted molar refractivity (Wildman–Crippen MR) is 110 cm³/mol. The number of rotatable bonds is 5. The Morgan fingerprint density at radius 1 is 1.31 bits per heavy atom. The number of nitrogens with zero attached hydrogens (tertiary/aromatic N) is 2. The van der Waals surface area contributed by atoms with Gasteiger partial charge in [0.1, 0.15) is 22.9 Å². The van der Waals surface area contributed by atoms with E-state index in [4.69, 9.17) is 9.47 Å². The molecule has 1 saturated heterocycles. The number of hydrogen-bond donors (Lipinski definition) is 1. The number of nitrogens with one attached hydrogen (secondary N) is 1. The molecule has 1 aliphatic carbocycles. The third-order valence-electron chi connectivity index (χ3n) is 4.88. The van der Waals surface area contributed by atoms with Gasteiger partial charge in [-0.05, 0) is 52.2 Å². The zero-order valence-electron chi connectivity index (χ0n) is 17.2. The van der Waals surface area contributed by atoms with Crippen molar-refractivity contribution in [2.75, 3.05) is 13.7 Å². The molecular formula is C21H27N3O4S. The summed E-state index contributed by atoms with van der Waals surface area (Å²) >= 11 is 1.58. The summed E-state index contributed by atoms with van der Waals surface area (Å²) in [4.78, 5) is 28.1. The van der Waals surface area contributed by atoms with E-state index < -0.39 is 23.3 Å². The summed E-state index contributed by atoms with van der Waals surface area (Å²) in [5, 5.41) is 12.1. The highest BCUT2D eigenvalue weighted by molar-refractivity contribution is 8.00. The number of carbonyl (C=O) groups is 2. The van der Waals surface area contributed by atoms with E-state index in [9.17, 15) is 14.9 Å². The van der Waals surface area contributed by atoms with Crippen molar-refractivity contribution in [2.24, 2.45) is 0 Å². The fraction of sp³-hybridized carbons (Fsp3) is 0.571.